The van der Waals surface area contributed by atoms with Crippen molar-refractivity contribution >= 4 is 22.3 Å². The Kier molecular flexibility index (Phi) is 5.25. The van der Waals surface area contributed by atoms with Crippen molar-refractivity contribution in [3.8, 4) is 0 Å². The summed E-state index contributed by atoms with van der Waals surface area (Å²) in [5, 5.41) is 1.84. The molecule has 0 aliphatic rings. The Morgan fingerprint density at radius 2 is 1.45 bits per heavy atom. The van der Waals surface area contributed by atoms with Gasteiger partial charge in [-0.2, -0.15) is 4.57 Å². The molecule has 0 N–H and O–H groups in total. The minimum atomic E-state index is -0.537. The van der Waals surface area contributed by atoms with Gasteiger partial charge in [-0.15, -0.1) is 0 Å². The Bertz CT molecular complexity index is 1200. The Morgan fingerprint density at radius 1 is 0.759 bits per heavy atom. The zero-order chi connectivity index (χ0) is 20.2. The molecular formula is C25H19FNO2+. The fraction of sp³-hybridized carbons (Fsp3) is 0.0800. The van der Waals surface area contributed by atoms with Crippen molar-refractivity contribution in [2.75, 3.05) is 0 Å². The van der Waals surface area contributed by atoms with Gasteiger partial charge in [-0.25, -0.2) is 4.39 Å². The molecule has 29 heavy (non-hydrogen) atoms. The van der Waals surface area contributed by atoms with Crippen molar-refractivity contribution in [3.63, 3.8) is 0 Å². The number of Topliss-reactive ketones (excluding diaryl/α,β-unsaturated/α-hetero) is 2. The molecule has 0 saturated carbocycles. The first-order chi connectivity index (χ1) is 14.1. The molecule has 1 heterocycles. The van der Waals surface area contributed by atoms with Gasteiger partial charge in [-0.3, -0.25) is 9.59 Å². The highest BCUT2D eigenvalue weighted by Crippen LogP contribution is 2.18. The van der Waals surface area contributed by atoms with E-state index in [1.165, 1.54) is 12.1 Å². The van der Waals surface area contributed by atoms with E-state index in [1.54, 1.807) is 28.8 Å². The summed E-state index contributed by atoms with van der Waals surface area (Å²) in [6.45, 7) is 0.106. The highest BCUT2D eigenvalue weighted by molar-refractivity contribution is 5.99. The van der Waals surface area contributed by atoms with Crippen LogP contribution in [0, 0.1) is 5.82 Å². The highest BCUT2D eigenvalue weighted by Gasteiger charge is 2.23. The van der Waals surface area contributed by atoms with E-state index in [1.807, 2.05) is 54.7 Å². The van der Waals surface area contributed by atoms with Crippen molar-refractivity contribution in [2.45, 2.75) is 13.0 Å². The molecule has 0 unspecified atom stereocenters. The molecule has 0 atom stereocenters. The number of rotatable bonds is 6. The third-order valence-corrected chi connectivity index (χ3v) is 4.96. The normalized spacial score (nSPS) is 10.8. The van der Waals surface area contributed by atoms with Gasteiger partial charge in [-0.05, 0) is 23.6 Å². The van der Waals surface area contributed by atoms with Crippen LogP contribution in [-0.2, 0) is 13.0 Å². The van der Waals surface area contributed by atoms with E-state index in [4.69, 9.17) is 0 Å². The van der Waals surface area contributed by atoms with Crippen LogP contribution >= 0.6 is 0 Å². The summed E-state index contributed by atoms with van der Waals surface area (Å²) in [5.41, 5.74) is 1.36. The van der Waals surface area contributed by atoms with Crippen LogP contribution in [0.4, 0.5) is 4.39 Å². The third-order valence-electron chi connectivity index (χ3n) is 4.96. The molecule has 142 valence electrons. The van der Waals surface area contributed by atoms with E-state index in [0.29, 0.717) is 11.3 Å². The number of pyridine rings is 1. The van der Waals surface area contributed by atoms with Crippen LogP contribution in [0.5, 0.6) is 0 Å². The second-order valence-corrected chi connectivity index (χ2v) is 6.85. The Labute approximate surface area is 168 Å². The summed E-state index contributed by atoms with van der Waals surface area (Å²) >= 11 is 0. The lowest BCUT2D eigenvalue weighted by atomic mass is 10.0. The maximum Gasteiger partial charge on any atom is 0.227 e. The van der Waals surface area contributed by atoms with Crippen molar-refractivity contribution in [1.82, 2.24) is 0 Å². The second kappa shape index (κ2) is 8.15. The third kappa shape index (κ3) is 3.97. The van der Waals surface area contributed by atoms with Crippen molar-refractivity contribution in [2.24, 2.45) is 0 Å². The second-order valence-electron chi connectivity index (χ2n) is 6.85. The van der Waals surface area contributed by atoms with Gasteiger partial charge in [-0.1, -0.05) is 60.7 Å². The van der Waals surface area contributed by atoms with Gasteiger partial charge in [0.2, 0.25) is 12.3 Å². The van der Waals surface area contributed by atoms with E-state index >= 15 is 0 Å². The van der Waals surface area contributed by atoms with E-state index in [0.717, 1.165) is 10.8 Å². The van der Waals surface area contributed by atoms with Crippen molar-refractivity contribution in [1.29, 1.82) is 0 Å². The lowest BCUT2D eigenvalue weighted by molar-refractivity contribution is -0.688. The zero-order valence-electron chi connectivity index (χ0n) is 15.7. The largest absolute Gasteiger partial charge is 0.293 e. The molecule has 0 radical (unpaired) electrons. The lowest BCUT2D eigenvalue weighted by Crippen LogP contribution is -2.42. The van der Waals surface area contributed by atoms with Crippen LogP contribution in [-0.4, -0.2) is 11.6 Å². The average Bonchev–Trinajstić information content (AvgIpc) is 2.76. The van der Waals surface area contributed by atoms with E-state index < -0.39 is 5.82 Å². The van der Waals surface area contributed by atoms with E-state index in [-0.39, 0.29) is 30.1 Å². The predicted molar refractivity (Wildman–Crippen MR) is 109 cm³/mol. The summed E-state index contributed by atoms with van der Waals surface area (Å²) in [5.74, 6) is -0.907. The molecule has 0 fully saturated rings. The van der Waals surface area contributed by atoms with Crippen LogP contribution in [0.3, 0.4) is 0 Å². The molecule has 0 spiro atoms. The maximum absolute atomic E-state index is 14.1. The number of halogens is 1. The van der Waals surface area contributed by atoms with Gasteiger partial charge in [0.15, 0.2) is 17.7 Å². The summed E-state index contributed by atoms with van der Waals surface area (Å²) in [7, 11) is 0. The fourth-order valence-electron chi connectivity index (χ4n) is 3.47. The van der Waals surface area contributed by atoms with Crippen molar-refractivity contribution < 1.29 is 18.5 Å². The molecule has 0 amide bonds. The number of fused-ring (bicyclic) bond motifs is 1. The highest BCUT2D eigenvalue weighted by atomic mass is 19.1. The van der Waals surface area contributed by atoms with Gasteiger partial charge in [0, 0.05) is 17.0 Å². The summed E-state index contributed by atoms with van der Waals surface area (Å²) < 4.78 is 15.9. The molecule has 0 bridgehead atoms. The molecular weight excluding hydrogens is 365 g/mol. The average molecular weight is 384 g/mol. The summed E-state index contributed by atoms with van der Waals surface area (Å²) in [6.07, 6.45) is 1.82. The minimum absolute atomic E-state index is 0.00432. The molecule has 4 aromatic rings. The van der Waals surface area contributed by atoms with E-state index in [9.17, 15) is 14.0 Å². The Hall–Kier alpha value is -3.66. The number of carbonyl (C=O) groups is 2. The molecule has 1 aromatic heterocycles. The van der Waals surface area contributed by atoms with Crippen LogP contribution in [0.25, 0.3) is 10.8 Å². The van der Waals surface area contributed by atoms with Gasteiger partial charge in [0.25, 0.3) is 0 Å². The SMILES string of the molecule is O=C(C[n+]1ccc2ccccc2c1CC(=O)c1ccccc1F)c1ccccc1. The van der Waals surface area contributed by atoms with Gasteiger partial charge in [0.05, 0.1) is 12.0 Å². The summed E-state index contributed by atoms with van der Waals surface area (Å²) in [6, 6.07) is 24.6. The number of ketones is 2. The predicted octanol–water partition coefficient (Wildman–Crippen LogP) is 4.57. The van der Waals surface area contributed by atoms with Gasteiger partial charge < -0.3 is 0 Å². The quantitative estimate of drug-likeness (QED) is 0.361. The first-order valence-corrected chi connectivity index (χ1v) is 9.39. The number of benzene rings is 3. The Balaban J connectivity index is 1.74. The minimum Gasteiger partial charge on any atom is -0.293 e. The molecule has 4 rings (SSSR count). The maximum atomic E-state index is 14.1. The van der Waals surface area contributed by atoms with Gasteiger partial charge in [0.1, 0.15) is 5.82 Å². The lowest BCUT2D eigenvalue weighted by Gasteiger charge is -2.08. The summed E-state index contributed by atoms with van der Waals surface area (Å²) in [4.78, 5) is 25.6. The fourth-order valence-corrected chi connectivity index (χ4v) is 3.47. The Morgan fingerprint density at radius 3 is 2.24 bits per heavy atom. The molecule has 0 saturated heterocycles. The molecule has 4 heteroatoms. The first kappa shape index (κ1) is 18.7. The van der Waals surface area contributed by atoms with Crippen LogP contribution in [0.2, 0.25) is 0 Å². The number of aromatic nitrogens is 1. The van der Waals surface area contributed by atoms with E-state index in [2.05, 4.69) is 0 Å². The first-order valence-electron chi connectivity index (χ1n) is 9.39. The van der Waals surface area contributed by atoms with Crippen molar-refractivity contribution in [3.05, 3.63) is 114 Å². The van der Waals surface area contributed by atoms with Crippen LogP contribution in [0.15, 0.2) is 91.1 Å². The number of hydrogen-bond donors (Lipinski definition) is 0. The number of carbonyl (C=O) groups excluding carboxylic acids is 2. The number of nitrogens with zero attached hydrogens (tertiary/aromatic N) is 1. The van der Waals surface area contributed by atoms with Crippen LogP contribution in [0.1, 0.15) is 26.4 Å². The topological polar surface area (TPSA) is 38.0 Å². The molecule has 3 nitrogen and oxygen atoms in total. The smallest absolute Gasteiger partial charge is 0.227 e. The monoisotopic (exact) mass is 384 g/mol. The van der Waals surface area contributed by atoms with Crippen LogP contribution < -0.4 is 4.57 Å². The molecule has 0 aliphatic heterocycles. The van der Waals surface area contributed by atoms with Gasteiger partial charge >= 0.3 is 0 Å². The standard InChI is InChI=1S/C25H19FNO2/c26-22-13-7-6-12-21(22)24(28)16-23-20-11-5-4-8-18(20)14-15-27(23)17-25(29)19-9-2-1-3-10-19/h1-15H,16-17H2/q+1. The molecule has 3 aromatic carbocycles. The zero-order valence-corrected chi connectivity index (χ0v) is 15.7. The number of hydrogen-bond acceptors (Lipinski definition) is 2. The molecule has 0 aliphatic carbocycles.